The summed E-state index contributed by atoms with van der Waals surface area (Å²) >= 11 is 0. The highest BCUT2D eigenvalue weighted by Crippen LogP contribution is 2.74. The summed E-state index contributed by atoms with van der Waals surface area (Å²) in [4.78, 5) is 0. The molecule has 14 heavy (non-hydrogen) atoms. The van der Waals surface area contributed by atoms with Gasteiger partial charge in [-0.3, -0.25) is 0 Å². The summed E-state index contributed by atoms with van der Waals surface area (Å²) in [6.45, 7) is 0. The van der Waals surface area contributed by atoms with E-state index in [4.69, 9.17) is 0 Å². The maximum Gasteiger partial charge on any atom is 0.00835 e. The molecule has 0 nitrogen and oxygen atoms in total. The van der Waals surface area contributed by atoms with Crippen LogP contribution >= 0.6 is 0 Å². The summed E-state index contributed by atoms with van der Waals surface area (Å²) in [6.07, 6.45) is 16.1. The van der Waals surface area contributed by atoms with Gasteiger partial charge in [0.15, 0.2) is 0 Å². The van der Waals surface area contributed by atoms with Crippen molar-refractivity contribution in [1.29, 1.82) is 0 Å². The fraction of sp³-hybridized carbons (Fsp3) is 0.571. The van der Waals surface area contributed by atoms with Gasteiger partial charge in [-0.25, -0.2) is 0 Å². The predicted octanol–water partition coefficient (Wildman–Crippen LogP) is 3.23. The molecular formula is C14H14. The molecule has 3 fully saturated rings. The number of hydrogen-bond donors (Lipinski definition) is 0. The molecule has 2 spiro atoms. The lowest BCUT2D eigenvalue weighted by atomic mass is 9.90. The quantitative estimate of drug-likeness (QED) is 0.504. The Hall–Kier alpha value is -0.780. The van der Waals surface area contributed by atoms with Crippen LogP contribution < -0.4 is 0 Å². The van der Waals surface area contributed by atoms with E-state index in [-0.39, 0.29) is 0 Å². The lowest BCUT2D eigenvalue weighted by Gasteiger charge is -2.13. The van der Waals surface area contributed by atoms with Gasteiger partial charge in [-0.05, 0) is 42.2 Å². The molecule has 5 rings (SSSR count). The summed E-state index contributed by atoms with van der Waals surface area (Å²) < 4.78 is 0. The molecule has 0 aromatic heterocycles. The zero-order valence-corrected chi connectivity index (χ0v) is 8.29. The van der Waals surface area contributed by atoms with Crippen LogP contribution in [0.3, 0.4) is 0 Å². The number of fused-ring (bicyclic) bond motifs is 3. The van der Waals surface area contributed by atoms with Gasteiger partial charge in [0.2, 0.25) is 0 Å². The normalized spacial score (nSPS) is 45.7. The van der Waals surface area contributed by atoms with E-state index in [1.54, 1.807) is 11.1 Å². The van der Waals surface area contributed by atoms with Gasteiger partial charge in [-0.2, -0.15) is 0 Å². The van der Waals surface area contributed by atoms with Crippen molar-refractivity contribution in [3.8, 4) is 0 Å². The minimum absolute atomic E-state index is 0.573. The van der Waals surface area contributed by atoms with Crippen LogP contribution in [0.4, 0.5) is 0 Å². The van der Waals surface area contributed by atoms with Crippen molar-refractivity contribution < 1.29 is 0 Å². The largest absolute Gasteiger partial charge is 0.0798 e. The van der Waals surface area contributed by atoms with Crippen LogP contribution in [0.25, 0.3) is 0 Å². The third kappa shape index (κ3) is 0.504. The molecule has 0 heteroatoms. The Morgan fingerprint density at radius 1 is 0.857 bits per heavy atom. The molecule has 0 saturated heterocycles. The van der Waals surface area contributed by atoms with Gasteiger partial charge >= 0.3 is 0 Å². The maximum atomic E-state index is 2.62. The van der Waals surface area contributed by atoms with Crippen molar-refractivity contribution in [1.82, 2.24) is 0 Å². The second-order valence-corrected chi connectivity index (χ2v) is 6.01. The average molecular weight is 182 g/mol. The van der Waals surface area contributed by atoms with Gasteiger partial charge in [0.1, 0.15) is 0 Å². The Morgan fingerprint density at radius 3 is 1.86 bits per heavy atom. The van der Waals surface area contributed by atoms with Crippen molar-refractivity contribution in [2.24, 2.45) is 22.7 Å². The van der Waals surface area contributed by atoms with E-state index in [2.05, 4.69) is 24.3 Å². The Kier molecular flexibility index (Phi) is 0.751. The maximum absolute atomic E-state index is 2.62. The topological polar surface area (TPSA) is 0 Å². The van der Waals surface area contributed by atoms with Crippen molar-refractivity contribution in [2.45, 2.75) is 25.7 Å². The average Bonchev–Trinajstić information content (AvgIpc) is 2.97. The van der Waals surface area contributed by atoms with Crippen LogP contribution in [0.1, 0.15) is 25.7 Å². The van der Waals surface area contributed by atoms with Crippen molar-refractivity contribution in [3.63, 3.8) is 0 Å². The van der Waals surface area contributed by atoms with Crippen molar-refractivity contribution in [3.05, 3.63) is 35.5 Å². The third-order valence-corrected chi connectivity index (χ3v) is 5.28. The molecular weight excluding hydrogens is 168 g/mol. The van der Waals surface area contributed by atoms with Gasteiger partial charge in [0, 0.05) is 17.3 Å². The summed E-state index contributed by atoms with van der Waals surface area (Å²) in [5.74, 6) is 1.66. The first-order valence-electron chi connectivity index (χ1n) is 5.97. The van der Waals surface area contributed by atoms with Crippen LogP contribution in [-0.2, 0) is 0 Å². The van der Waals surface area contributed by atoms with E-state index in [0.717, 1.165) is 11.8 Å². The molecule has 0 aromatic rings. The van der Waals surface area contributed by atoms with E-state index in [1.165, 1.54) is 25.7 Å². The van der Waals surface area contributed by atoms with Crippen LogP contribution in [0, 0.1) is 22.7 Å². The fourth-order valence-corrected chi connectivity index (χ4v) is 4.19. The lowest BCUT2D eigenvalue weighted by molar-refractivity contribution is 0.429. The minimum atomic E-state index is 0.573. The highest BCUT2D eigenvalue weighted by molar-refractivity contribution is 5.60. The first-order valence-corrected chi connectivity index (χ1v) is 5.97. The molecule has 70 valence electrons. The van der Waals surface area contributed by atoms with Crippen LogP contribution in [0.2, 0.25) is 0 Å². The molecule has 0 radical (unpaired) electrons. The molecule has 2 bridgehead atoms. The van der Waals surface area contributed by atoms with E-state index in [1.807, 2.05) is 0 Å². The second kappa shape index (κ2) is 1.58. The number of rotatable bonds is 0. The third-order valence-electron chi connectivity index (χ3n) is 5.28. The summed E-state index contributed by atoms with van der Waals surface area (Å²) in [5, 5.41) is 0. The number of hydrogen-bond acceptors (Lipinski definition) is 0. The van der Waals surface area contributed by atoms with E-state index in [0.29, 0.717) is 10.8 Å². The molecule has 3 saturated carbocycles. The summed E-state index contributed by atoms with van der Waals surface area (Å²) in [6, 6.07) is 0. The van der Waals surface area contributed by atoms with Crippen molar-refractivity contribution >= 4 is 0 Å². The lowest BCUT2D eigenvalue weighted by Crippen LogP contribution is -2.08. The molecule has 0 amide bonds. The van der Waals surface area contributed by atoms with Crippen LogP contribution in [0.5, 0.6) is 0 Å². The highest BCUT2D eigenvalue weighted by atomic mass is 14.7. The first kappa shape index (κ1) is 6.66. The van der Waals surface area contributed by atoms with E-state index >= 15 is 0 Å². The zero-order chi connectivity index (χ0) is 8.97. The van der Waals surface area contributed by atoms with Gasteiger partial charge in [0.25, 0.3) is 0 Å². The van der Waals surface area contributed by atoms with Gasteiger partial charge in [-0.15, -0.1) is 0 Å². The summed E-state index contributed by atoms with van der Waals surface area (Å²) in [5.41, 5.74) is 4.78. The molecule has 5 aliphatic rings. The second-order valence-electron chi connectivity index (χ2n) is 6.01. The van der Waals surface area contributed by atoms with Crippen LogP contribution in [0.15, 0.2) is 35.5 Å². The molecule has 0 heterocycles. The smallest absolute Gasteiger partial charge is 0.00835 e. The molecule has 2 atom stereocenters. The van der Waals surface area contributed by atoms with Gasteiger partial charge < -0.3 is 0 Å². The fourth-order valence-electron chi connectivity index (χ4n) is 4.19. The number of allylic oxidation sites excluding steroid dienone is 6. The SMILES string of the molecule is C1=C[C@H]2C3=CC4(C=C3[C@@H]1C21CC1)CC4. The Balaban J connectivity index is 1.78. The zero-order valence-electron chi connectivity index (χ0n) is 8.29. The van der Waals surface area contributed by atoms with Crippen LogP contribution in [-0.4, -0.2) is 0 Å². The molecule has 5 aliphatic carbocycles. The standard InChI is InChI=1S/C14H14/c1-2-12-10-8-13(3-4-13)7-9(10)11(1)14(12)5-6-14/h1-2,7-8,11-12H,3-6H2/t11-,12+. The Bertz CT molecular complexity index is 405. The molecule has 0 unspecified atom stereocenters. The molecule has 0 N–H and O–H groups in total. The van der Waals surface area contributed by atoms with E-state index in [9.17, 15) is 0 Å². The van der Waals surface area contributed by atoms with E-state index < -0.39 is 0 Å². The first-order chi connectivity index (χ1) is 6.83. The Labute approximate surface area is 84.4 Å². The predicted molar refractivity (Wildman–Crippen MR) is 55.6 cm³/mol. The minimum Gasteiger partial charge on any atom is -0.0798 e. The monoisotopic (exact) mass is 182 g/mol. The highest BCUT2D eigenvalue weighted by Gasteiger charge is 2.65. The summed E-state index contributed by atoms with van der Waals surface area (Å²) in [7, 11) is 0. The van der Waals surface area contributed by atoms with Gasteiger partial charge in [0.05, 0.1) is 0 Å². The van der Waals surface area contributed by atoms with Gasteiger partial charge in [-0.1, -0.05) is 24.3 Å². The Morgan fingerprint density at radius 2 is 1.43 bits per heavy atom. The van der Waals surface area contributed by atoms with Crippen molar-refractivity contribution in [2.75, 3.05) is 0 Å². The molecule has 0 aliphatic heterocycles. The molecule has 0 aromatic carbocycles.